The predicted molar refractivity (Wildman–Crippen MR) is 109 cm³/mol. The van der Waals surface area contributed by atoms with Gasteiger partial charge in [0.1, 0.15) is 24.2 Å². The number of esters is 1. The van der Waals surface area contributed by atoms with Gasteiger partial charge in [-0.25, -0.2) is 9.67 Å². The van der Waals surface area contributed by atoms with E-state index in [1.807, 2.05) is 0 Å². The molecular formula is C20H19ClN4O5. The molecule has 0 radical (unpaired) electrons. The Hall–Kier alpha value is -3.59. The number of amides is 1. The van der Waals surface area contributed by atoms with Gasteiger partial charge in [-0.3, -0.25) is 9.59 Å². The number of nitrogens with one attached hydrogen (secondary N) is 1. The van der Waals surface area contributed by atoms with Gasteiger partial charge in [-0.2, -0.15) is 5.10 Å². The van der Waals surface area contributed by atoms with Crippen LogP contribution < -0.4 is 14.8 Å². The molecule has 1 N–H and O–H groups in total. The fraction of sp³-hybridized carbons (Fsp3) is 0.200. The van der Waals surface area contributed by atoms with Crippen LogP contribution in [0.1, 0.15) is 6.42 Å². The molecule has 0 saturated heterocycles. The van der Waals surface area contributed by atoms with E-state index in [4.69, 9.17) is 25.8 Å². The number of carbonyl (C=O) groups excluding carboxylic acids is 2. The van der Waals surface area contributed by atoms with Crippen LogP contribution in [0, 0.1) is 0 Å². The summed E-state index contributed by atoms with van der Waals surface area (Å²) in [4.78, 5) is 27.9. The lowest BCUT2D eigenvalue weighted by molar-refractivity contribution is -0.147. The van der Waals surface area contributed by atoms with Gasteiger partial charge in [0.15, 0.2) is 6.61 Å². The highest BCUT2D eigenvalue weighted by atomic mass is 35.5. The van der Waals surface area contributed by atoms with Gasteiger partial charge >= 0.3 is 5.97 Å². The van der Waals surface area contributed by atoms with Gasteiger partial charge in [-0.05, 0) is 42.5 Å². The molecule has 3 aromatic rings. The van der Waals surface area contributed by atoms with Crippen LogP contribution in [-0.4, -0.2) is 47.0 Å². The fourth-order valence-corrected chi connectivity index (χ4v) is 2.64. The summed E-state index contributed by atoms with van der Waals surface area (Å²) in [5.74, 6) is 0.242. The fourth-order valence-electron chi connectivity index (χ4n) is 2.47. The van der Waals surface area contributed by atoms with E-state index in [0.717, 1.165) is 0 Å². The number of methoxy groups -OCH3 is 1. The van der Waals surface area contributed by atoms with Gasteiger partial charge in [-0.1, -0.05) is 11.6 Å². The van der Waals surface area contributed by atoms with E-state index in [1.165, 1.54) is 17.3 Å². The van der Waals surface area contributed by atoms with Crippen LogP contribution in [-0.2, 0) is 14.3 Å². The number of nitrogens with zero attached hydrogens (tertiary/aromatic N) is 3. The normalized spacial score (nSPS) is 10.3. The third-order valence-electron chi connectivity index (χ3n) is 3.90. The average molecular weight is 431 g/mol. The molecule has 1 aromatic heterocycles. The lowest BCUT2D eigenvalue weighted by Crippen LogP contribution is -2.22. The molecule has 0 saturated carbocycles. The van der Waals surface area contributed by atoms with Crippen molar-refractivity contribution in [2.45, 2.75) is 6.42 Å². The molecule has 3 rings (SSSR count). The van der Waals surface area contributed by atoms with Crippen molar-refractivity contribution >= 4 is 29.2 Å². The molecule has 0 aliphatic rings. The summed E-state index contributed by atoms with van der Waals surface area (Å²) in [7, 11) is 1.57. The van der Waals surface area contributed by atoms with E-state index in [0.29, 0.717) is 27.9 Å². The Morgan fingerprint density at radius 3 is 2.60 bits per heavy atom. The van der Waals surface area contributed by atoms with Crippen LogP contribution in [0.4, 0.5) is 5.69 Å². The maximum absolute atomic E-state index is 12.2. The van der Waals surface area contributed by atoms with Crippen molar-refractivity contribution in [2.24, 2.45) is 0 Å². The first-order chi connectivity index (χ1) is 14.5. The number of benzene rings is 2. The first-order valence-corrected chi connectivity index (χ1v) is 9.30. The summed E-state index contributed by atoms with van der Waals surface area (Å²) < 4.78 is 17.0. The van der Waals surface area contributed by atoms with Crippen molar-refractivity contribution in [2.75, 3.05) is 25.6 Å². The molecule has 1 heterocycles. The summed E-state index contributed by atoms with van der Waals surface area (Å²) in [6, 6.07) is 11.9. The zero-order valence-corrected chi connectivity index (χ0v) is 16.8. The van der Waals surface area contributed by atoms with E-state index < -0.39 is 18.5 Å². The molecule has 0 unspecified atom stereocenters. The van der Waals surface area contributed by atoms with E-state index >= 15 is 0 Å². The monoisotopic (exact) mass is 430 g/mol. The number of anilines is 1. The Morgan fingerprint density at radius 2 is 1.90 bits per heavy atom. The Morgan fingerprint density at radius 1 is 1.13 bits per heavy atom. The van der Waals surface area contributed by atoms with Crippen molar-refractivity contribution < 1.29 is 23.8 Å². The zero-order chi connectivity index (χ0) is 21.3. The van der Waals surface area contributed by atoms with Crippen molar-refractivity contribution in [1.29, 1.82) is 0 Å². The largest absolute Gasteiger partial charge is 0.497 e. The Labute approximate surface area is 177 Å². The minimum Gasteiger partial charge on any atom is -0.497 e. The van der Waals surface area contributed by atoms with E-state index in [9.17, 15) is 9.59 Å². The number of ether oxygens (including phenoxy) is 3. The highest BCUT2D eigenvalue weighted by Gasteiger charge is 2.12. The van der Waals surface area contributed by atoms with Crippen LogP contribution in [0.15, 0.2) is 55.1 Å². The molecule has 156 valence electrons. The van der Waals surface area contributed by atoms with Gasteiger partial charge in [0.25, 0.3) is 5.91 Å². The van der Waals surface area contributed by atoms with Crippen LogP contribution in [0.3, 0.4) is 0 Å². The second-order valence-electron chi connectivity index (χ2n) is 5.98. The van der Waals surface area contributed by atoms with E-state index in [2.05, 4.69) is 15.4 Å². The average Bonchev–Trinajstić information content (AvgIpc) is 3.27. The topological polar surface area (TPSA) is 105 Å². The highest BCUT2D eigenvalue weighted by Crippen LogP contribution is 2.24. The smallest absolute Gasteiger partial charge is 0.309 e. The van der Waals surface area contributed by atoms with Crippen LogP contribution in [0.5, 0.6) is 11.5 Å². The van der Waals surface area contributed by atoms with Crippen molar-refractivity contribution in [1.82, 2.24) is 14.8 Å². The second-order valence-corrected chi connectivity index (χ2v) is 6.42. The molecule has 2 aromatic carbocycles. The minimum absolute atomic E-state index is 0.000676. The summed E-state index contributed by atoms with van der Waals surface area (Å²) >= 11 is 6.01. The first-order valence-electron chi connectivity index (χ1n) is 8.92. The number of carbonyl (C=O) groups is 2. The van der Waals surface area contributed by atoms with Crippen LogP contribution in [0.2, 0.25) is 5.02 Å². The molecule has 1 amide bonds. The molecule has 9 nitrogen and oxygen atoms in total. The standard InChI is InChI=1S/C20H19ClN4O5/c1-28-15-3-5-16(6-4-15)29-9-8-20(27)30-11-19(26)24-17-10-14(21)2-7-18(17)25-13-22-12-23-25/h2-7,10,12-13H,8-9,11H2,1H3,(H,24,26). The number of halogens is 1. The third-order valence-corrected chi connectivity index (χ3v) is 4.13. The van der Waals surface area contributed by atoms with Gasteiger partial charge in [0.2, 0.25) is 0 Å². The van der Waals surface area contributed by atoms with E-state index in [-0.39, 0.29) is 13.0 Å². The predicted octanol–water partition coefficient (Wildman–Crippen LogP) is 2.88. The molecule has 0 aliphatic heterocycles. The number of hydrogen-bond acceptors (Lipinski definition) is 7. The van der Waals surface area contributed by atoms with Gasteiger partial charge < -0.3 is 19.5 Å². The third kappa shape index (κ3) is 5.95. The van der Waals surface area contributed by atoms with Gasteiger partial charge in [-0.15, -0.1) is 0 Å². The molecule has 30 heavy (non-hydrogen) atoms. The summed E-state index contributed by atoms with van der Waals surface area (Å²) in [5, 5.41) is 7.12. The molecule has 0 bridgehead atoms. The van der Waals surface area contributed by atoms with Crippen LogP contribution in [0.25, 0.3) is 5.69 Å². The molecule has 0 atom stereocenters. The number of rotatable bonds is 9. The Bertz CT molecular complexity index is 993. The van der Waals surface area contributed by atoms with Gasteiger partial charge in [0, 0.05) is 5.02 Å². The Kier molecular flexibility index (Phi) is 7.23. The van der Waals surface area contributed by atoms with E-state index in [1.54, 1.807) is 49.6 Å². The number of aromatic nitrogens is 3. The molecule has 0 aliphatic carbocycles. The Balaban J connectivity index is 1.45. The molecule has 0 fully saturated rings. The molecule has 0 spiro atoms. The van der Waals surface area contributed by atoms with Crippen molar-refractivity contribution in [3.05, 3.63) is 60.1 Å². The summed E-state index contributed by atoms with van der Waals surface area (Å²) in [6.45, 7) is -0.317. The summed E-state index contributed by atoms with van der Waals surface area (Å²) in [5.41, 5.74) is 0.987. The molecular weight excluding hydrogens is 412 g/mol. The first kappa shape index (κ1) is 21.1. The maximum atomic E-state index is 12.2. The zero-order valence-electron chi connectivity index (χ0n) is 16.1. The maximum Gasteiger partial charge on any atom is 0.309 e. The SMILES string of the molecule is COc1ccc(OCCC(=O)OCC(=O)Nc2cc(Cl)ccc2-n2cncn2)cc1. The summed E-state index contributed by atoms with van der Waals surface area (Å²) in [6.07, 6.45) is 2.86. The minimum atomic E-state index is -0.554. The number of hydrogen-bond donors (Lipinski definition) is 1. The lowest BCUT2D eigenvalue weighted by Gasteiger charge is -2.12. The molecule has 10 heteroatoms. The lowest BCUT2D eigenvalue weighted by atomic mass is 10.2. The van der Waals surface area contributed by atoms with Crippen molar-refractivity contribution in [3.8, 4) is 17.2 Å². The van der Waals surface area contributed by atoms with Gasteiger partial charge in [0.05, 0.1) is 31.5 Å². The quantitative estimate of drug-likeness (QED) is 0.520. The van der Waals surface area contributed by atoms with Crippen molar-refractivity contribution in [3.63, 3.8) is 0 Å². The highest BCUT2D eigenvalue weighted by molar-refractivity contribution is 6.31. The van der Waals surface area contributed by atoms with Crippen LogP contribution >= 0.6 is 11.6 Å². The second kappa shape index (κ2) is 10.3.